The Hall–Kier alpha value is -2.87. The molecule has 0 aliphatic heterocycles. The van der Waals surface area contributed by atoms with Crippen LogP contribution in [0.2, 0.25) is 5.02 Å². The van der Waals surface area contributed by atoms with Crippen molar-refractivity contribution in [1.29, 1.82) is 0 Å². The number of alkyl halides is 3. The van der Waals surface area contributed by atoms with Crippen molar-refractivity contribution >= 4 is 50.3 Å². The molecular formula is C20H21ClF3N3O6S. The number of aliphatic hydroxyl groups excluding tert-OH is 1. The largest absolute Gasteiger partial charge is 0.426 e. The van der Waals surface area contributed by atoms with Gasteiger partial charge in [-0.05, 0) is 43.3 Å². The highest BCUT2D eigenvalue weighted by Gasteiger charge is 2.55. The van der Waals surface area contributed by atoms with Crippen LogP contribution in [0.1, 0.15) is 13.8 Å². The van der Waals surface area contributed by atoms with E-state index in [2.05, 4.69) is 10.6 Å². The zero-order chi connectivity index (χ0) is 25.9. The summed E-state index contributed by atoms with van der Waals surface area (Å²) < 4.78 is 65.2. The molecule has 0 saturated heterocycles. The van der Waals surface area contributed by atoms with Gasteiger partial charge < -0.3 is 26.2 Å². The van der Waals surface area contributed by atoms with Crippen LogP contribution in [-0.2, 0) is 19.4 Å². The zero-order valence-electron chi connectivity index (χ0n) is 17.8. The fourth-order valence-electron chi connectivity index (χ4n) is 2.62. The first-order chi connectivity index (χ1) is 15.6. The topological polar surface area (TPSA) is 145 Å². The van der Waals surface area contributed by atoms with Crippen LogP contribution in [0.3, 0.4) is 0 Å². The minimum absolute atomic E-state index is 0.139. The molecule has 186 valence electrons. The summed E-state index contributed by atoms with van der Waals surface area (Å²) in [6.45, 7) is 1.39. The van der Waals surface area contributed by atoms with Crippen LogP contribution in [0.5, 0.6) is 0 Å². The minimum atomic E-state index is -5.30. The van der Waals surface area contributed by atoms with Crippen LogP contribution in [0.4, 0.5) is 30.2 Å². The predicted molar refractivity (Wildman–Crippen MR) is 119 cm³/mol. The van der Waals surface area contributed by atoms with E-state index in [1.54, 1.807) is 5.32 Å². The number of carbonyl (C=O) groups excluding carboxylic acids is 2. The number of aliphatic hydroxyl groups is 2. The molecule has 14 heteroatoms. The third kappa shape index (κ3) is 5.78. The lowest BCUT2D eigenvalue weighted by Gasteiger charge is -2.25. The Morgan fingerprint density at radius 3 is 2.15 bits per heavy atom. The SMILES string of the molecule is CC(=O)Nc1c(S(=O)(=O)c2ccc(NCCO)cc2)ccc(NC(=O)[C@@](C)(O)C(F)(F)F)c1Cl. The molecule has 34 heavy (non-hydrogen) atoms. The molecule has 1 atom stereocenters. The van der Waals surface area contributed by atoms with Crippen molar-refractivity contribution in [1.82, 2.24) is 0 Å². The quantitative estimate of drug-likeness (QED) is 0.358. The van der Waals surface area contributed by atoms with Crippen molar-refractivity contribution in [2.75, 3.05) is 29.1 Å². The number of amides is 2. The number of hydrogen-bond acceptors (Lipinski definition) is 7. The smallest absolute Gasteiger partial charge is 0.395 e. The van der Waals surface area contributed by atoms with Crippen molar-refractivity contribution in [3.05, 3.63) is 41.4 Å². The first-order valence-electron chi connectivity index (χ1n) is 9.53. The van der Waals surface area contributed by atoms with E-state index in [0.717, 1.165) is 19.1 Å². The van der Waals surface area contributed by atoms with Crippen LogP contribution in [0.15, 0.2) is 46.2 Å². The van der Waals surface area contributed by atoms with E-state index < -0.39 is 54.7 Å². The first kappa shape index (κ1) is 27.4. The summed E-state index contributed by atoms with van der Waals surface area (Å²) in [7, 11) is -4.29. The molecule has 2 aromatic carbocycles. The van der Waals surface area contributed by atoms with Crippen molar-refractivity contribution in [2.24, 2.45) is 0 Å². The Bertz CT molecular complexity index is 1190. The Balaban J connectivity index is 2.52. The Labute approximate surface area is 197 Å². The predicted octanol–water partition coefficient (Wildman–Crippen LogP) is 2.79. The molecule has 0 bridgehead atoms. The molecule has 2 aromatic rings. The summed E-state index contributed by atoms with van der Waals surface area (Å²) in [5, 5.41) is 24.7. The number of anilines is 3. The maximum atomic E-state index is 13.2. The second-order valence-electron chi connectivity index (χ2n) is 7.18. The van der Waals surface area contributed by atoms with Crippen LogP contribution in [-0.4, -0.2) is 55.4 Å². The Morgan fingerprint density at radius 2 is 1.65 bits per heavy atom. The first-order valence-corrected chi connectivity index (χ1v) is 11.4. The number of nitrogens with one attached hydrogen (secondary N) is 3. The zero-order valence-corrected chi connectivity index (χ0v) is 19.4. The normalized spacial score (nSPS) is 13.6. The summed E-state index contributed by atoms with van der Waals surface area (Å²) in [6, 6.07) is 7.28. The van der Waals surface area contributed by atoms with E-state index >= 15 is 0 Å². The van der Waals surface area contributed by atoms with Crippen molar-refractivity contribution in [3.8, 4) is 0 Å². The van der Waals surface area contributed by atoms with E-state index in [1.165, 1.54) is 24.3 Å². The lowest BCUT2D eigenvalue weighted by Crippen LogP contribution is -2.52. The molecule has 0 spiro atoms. The molecular weight excluding hydrogens is 503 g/mol. The maximum absolute atomic E-state index is 13.2. The third-order valence-corrected chi connectivity index (χ3v) is 6.75. The van der Waals surface area contributed by atoms with E-state index in [4.69, 9.17) is 16.7 Å². The molecule has 0 fully saturated rings. The van der Waals surface area contributed by atoms with Gasteiger partial charge >= 0.3 is 6.18 Å². The van der Waals surface area contributed by atoms with Gasteiger partial charge in [-0.2, -0.15) is 13.2 Å². The van der Waals surface area contributed by atoms with Gasteiger partial charge in [0.15, 0.2) is 0 Å². The molecule has 0 aliphatic rings. The fraction of sp³-hybridized carbons (Fsp3) is 0.300. The van der Waals surface area contributed by atoms with Gasteiger partial charge in [-0.3, -0.25) is 9.59 Å². The molecule has 0 unspecified atom stereocenters. The van der Waals surface area contributed by atoms with Crippen LogP contribution in [0, 0.1) is 0 Å². The van der Waals surface area contributed by atoms with E-state index in [1.807, 2.05) is 0 Å². The van der Waals surface area contributed by atoms with Crippen molar-refractivity contribution in [3.63, 3.8) is 0 Å². The second kappa shape index (κ2) is 10.2. The Kier molecular flexibility index (Phi) is 8.19. The lowest BCUT2D eigenvalue weighted by atomic mass is 10.1. The molecule has 5 N–H and O–H groups in total. The number of carbonyl (C=O) groups is 2. The van der Waals surface area contributed by atoms with Gasteiger partial charge in [0, 0.05) is 19.2 Å². The number of benzene rings is 2. The van der Waals surface area contributed by atoms with E-state index in [0.29, 0.717) is 5.69 Å². The number of halogens is 4. The minimum Gasteiger partial charge on any atom is -0.395 e. The third-order valence-electron chi connectivity index (χ3n) is 4.54. The molecule has 0 radical (unpaired) electrons. The number of sulfone groups is 1. The van der Waals surface area contributed by atoms with Gasteiger partial charge in [0.1, 0.15) is 0 Å². The van der Waals surface area contributed by atoms with Crippen LogP contribution in [0.25, 0.3) is 0 Å². The molecule has 0 heterocycles. The van der Waals surface area contributed by atoms with Gasteiger partial charge in [0.05, 0.1) is 32.8 Å². The van der Waals surface area contributed by atoms with Gasteiger partial charge in [0.2, 0.25) is 21.3 Å². The lowest BCUT2D eigenvalue weighted by molar-refractivity contribution is -0.242. The second-order valence-corrected chi connectivity index (χ2v) is 9.48. The Morgan fingerprint density at radius 1 is 1.06 bits per heavy atom. The van der Waals surface area contributed by atoms with Crippen molar-refractivity contribution in [2.45, 2.75) is 35.4 Å². The summed E-state index contributed by atoms with van der Waals surface area (Å²) in [4.78, 5) is 23.0. The maximum Gasteiger partial charge on any atom is 0.426 e. The van der Waals surface area contributed by atoms with Gasteiger partial charge in [-0.15, -0.1) is 0 Å². The average Bonchev–Trinajstić information content (AvgIpc) is 2.74. The monoisotopic (exact) mass is 523 g/mol. The summed E-state index contributed by atoms with van der Waals surface area (Å²) >= 11 is 6.15. The van der Waals surface area contributed by atoms with Gasteiger partial charge in [-0.25, -0.2) is 8.42 Å². The standard InChI is InChI=1S/C20H21ClF3N3O6S/c1-11(29)26-17-15(34(32,33)13-5-3-12(4-6-13)25-9-10-28)8-7-14(16(17)21)27-18(30)19(2,31)20(22,23)24/h3-8,25,28,31H,9-10H2,1-2H3,(H,26,29)(H,27,30)/t19-/m1/s1. The van der Waals surface area contributed by atoms with Gasteiger partial charge in [-0.1, -0.05) is 11.6 Å². The molecule has 0 saturated carbocycles. The van der Waals surface area contributed by atoms with Crippen LogP contribution >= 0.6 is 11.6 Å². The molecule has 2 rings (SSSR count). The van der Waals surface area contributed by atoms with E-state index in [9.17, 15) is 36.3 Å². The summed E-state index contributed by atoms with van der Waals surface area (Å²) in [5.41, 5.74) is -4.17. The molecule has 2 amide bonds. The highest BCUT2D eigenvalue weighted by atomic mass is 35.5. The van der Waals surface area contributed by atoms with Crippen molar-refractivity contribution < 1.29 is 41.4 Å². The van der Waals surface area contributed by atoms with Gasteiger partial charge in [0.25, 0.3) is 5.91 Å². The highest BCUT2D eigenvalue weighted by molar-refractivity contribution is 7.91. The summed E-state index contributed by atoms with van der Waals surface area (Å²) in [5.74, 6) is -2.61. The molecule has 0 aromatic heterocycles. The van der Waals surface area contributed by atoms with E-state index in [-0.39, 0.29) is 25.0 Å². The molecule has 9 nitrogen and oxygen atoms in total. The van der Waals surface area contributed by atoms with Crippen LogP contribution < -0.4 is 16.0 Å². The number of hydrogen-bond donors (Lipinski definition) is 5. The summed E-state index contributed by atoms with van der Waals surface area (Å²) in [6.07, 6.45) is -5.30. The average molecular weight is 524 g/mol. The number of rotatable bonds is 8. The fourth-order valence-corrected chi connectivity index (χ4v) is 4.36. The highest BCUT2D eigenvalue weighted by Crippen LogP contribution is 2.39. The molecule has 0 aliphatic carbocycles.